The van der Waals surface area contributed by atoms with Gasteiger partial charge in [0.05, 0.1) is 36.5 Å². The number of aliphatic hydroxyl groups is 1. The number of carbonyl (C=O) groups is 1. The van der Waals surface area contributed by atoms with E-state index in [0.29, 0.717) is 25.2 Å². The lowest BCUT2D eigenvalue weighted by Crippen LogP contribution is -2.45. The van der Waals surface area contributed by atoms with E-state index in [2.05, 4.69) is 11.8 Å². The second-order valence-electron chi connectivity index (χ2n) is 13.3. The highest BCUT2D eigenvalue weighted by Crippen LogP contribution is 2.37. The molecule has 0 amide bonds. The summed E-state index contributed by atoms with van der Waals surface area (Å²) in [6.45, 7) is 15.6. The first-order valence-electron chi connectivity index (χ1n) is 16.8. The van der Waals surface area contributed by atoms with Crippen molar-refractivity contribution in [2.45, 2.75) is 85.4 Å². The fourth-order valence-corrected chi connectivity index (χ4v) is 5.85. The van der Waals surface area contributed by atoms with Crippen LogP contribution in [0.1, 0.15) is 71.9 Å². The number of benzene rings is 2. The van der Waals surface area contributed by atoms with Crippen molar-refractivity contribution in [2.24, 2.45) is 0 Å². The summed E-state index contributed by atoms with van der Waals surface area (Å²) < 4.78 is 29.2. The first-order chi connectivity index (χ1) is 22.8. The van der Waals surface area contributed by atoms with Crippen molar-refractivity contribution >= 4 is 17.4 Å². The molecule has 4 aromatic rings. The Hall–Kier alpha value is -4.21. The normalized spacial score (nSPS) is 16.5. The number of aromatic nitrogens is 2. The van der Waals surface area contributed by atoms with E-state index in [4.69, 9.17) is 19.6 Å². The molecule has 6 bridgehead atoms. The van der Waals surface area contributed by atoms with Crippen LogP contribution in [0.4, 0.5) is 10.2 Å². The van der Waals surface area contributed by atoms with Crippen LogP contribution in [0.25, 0.3) is 28.0 Å². The Bertz CT molecular complexity index is 1730. The third-order valence-electron chi connectivity index (χ3n) is 8.16. The lowest BCUT2D eigenvalue weighted by atomic mass is 9.92. The second-order valence-corrected chi connectivity index (χ2v) is 13.3. The number of aliphatic carboxylic acids is 1. The maximum atomic E-state index is 14.9. The molecule has 0 spiro atoms. The Kier molecular flexibility index (Phi) is 12.0. The summed E-state index contributed by atoms with van der Waals surface area (Å²) in [6, 6.07) is 14.8. The van der Waals surface area contributed by atoms with E-state index in [1.807, 2.05) is 79.9 Å². The predicted molar refractivity (Wildman–Crippen MR) is 190 cm³/mol. The molecule has 3 aliphatic rings. The number of hydrogen-bond acceptors (Lipinski definition) is 6. The fraction of sp³-hybridized carbons (Fsp3) is 0.436. The van der Waals surface area contributed by atoms with Crippen molar-refractivity contribution in [2.75, 3.05) is 31.2 Å². The highest BCUT2D eigenvalue weighted by Gasteiger charge is 2.33. The topological polar surface area (TPSA) is 96.5 Å². The molecule has 1 saturated heterocycles. The number of piperidine rings is 1. The Morgan fingerprint density at radius 2 is 1.71 bits per heavy atom. The number of carboxylic acid groups (broad SMARTS) is 1. The molecular weight excluding hydrogens is 609 g/mol. The van der Waals surface area contributed by atoms with E-state index in [1.165, 1.54) is 6.07 Å². The van der Waals surface area contributed by atoms with E-state index in [9.17, 15) is 14.3 Å². The average molecular weight is 660 g/mol. The Labute approximate surface area is 283 Å². The number of pyridine rings is 1. The molecular formula is C39H50FN3O5. The largest absolute Gasteiger partial charge is 0.490 e. The van der Waals surface area contributed by atoms with E-state index in [-0.39, 0.29) is 17.8 Å². The molecule has 7 rings (SSSR count). The minimum absolute atomic E-state index is 0.0719. The number of ether oxygens (including phenoxy) is 2. The number of aryl methyl sites for hydroxylation is 1. The standard InChI is InChI=1S/C33H34FN3O4.C4H10O.C2H6/c1-22-18-29-35-28-21-37(29)32(26(22)20-30(38)39)36-14-12-33(2,13-15-36)41-17-5-3-4-16-40-31-25(10-7-11-27(31)34)23-8-6-9-24(28)19-23;1-4(2,3)5;1-2/h3,5-11,18-19,21H,4,12-17,20H2,1-2H3,(H,38,39);5H,1-3H3;1-2H3/b5-3+;;. The number of para-hydroxylation sites is 1. The van der Waals surface area contributed by atoms with Crippen molar-refractivity contribution < 1.29 is 28.9 Å². The van der Waals surface area contributed by atoms with Gasteiger partial charge in [-0.15, -0.1) is 0 Å². The molecule has 0 radical (unpaired) electrons. The molecule has 0 aliphatic carbocycles. The van der Waals surface area contributed by atoms with Crippen molar-refractivity contribution in [1.82, 2.24) is 9.38 Å². The minimum atomic E-state index is -0.867. The van der Waals surface area contributed by atoms with Gasteiger partial charge >= 0.3 is 5.97 Å². The Morgan fingerprint density at radius 3 is 2.40 bits per heavy atom. The summed E-state index contributed by atoms with van der Waals surface area (Å²) in [5.41, 5.74) is 4.79. The molecule has 8 nitrogen and oxygen atoms in total. The summed E-state index contributed by atoms with van der Waals surface area (Å²) in [5, 5.41) is 18.3. The summed E-state index contributed by atoms with van der Waals surface area (Å²) >= 11 is 0. The van der Waals surface area contributed by atoms with Crippen LogP contribution in [-0.2, 0) is 16.0 Å². The molecule has 9 heteroatoms. The molecule has 5 heterocycles. The number of hydrogen-bond donors (Lipinski definition) is 2. The lowest BCUT2D eigenvalue weighted by molar-refractivity contribution is -0.136. The number of carboxylic acids is 1. The first-order valence-corrected chi connectivity index (χ1v) is 16.8. The van der Waals surface area contributed by atoms with Gasteiger partial charge in [0.15, 0.2) is 11.6 Å². The van der Waals surface area contributed by atoms with Crippen LogP contribution in [0.2, 0.25) is 0 Å². The molecule has 3 aliphatic heterocycles. The Morgan fingerprint density at radius 1 is 1.04 bits per heavy atom. The summed E-state index contributed by atoms with van der Waals surface area (Å²) in [5.74, 6) is -0.172. The van der Waals surface area contributed by atoms with Gasteiger partial charge in [0, 0.05) is 36.0 Å². The van der Waals surface area contributed by atoms with E-state index < -0.39 is 17.4 Å². The average Bonchev–Trinajstić information content (AvgIpc) is 3.45. The highest BCUT2D eigenvalue weighted by molar-refractivity contribution is 5.78. The number of imidazole rings is 1. The molecule has 0 saturated carbocycles. The zero-order valence-corrected chi connectivity index (χ0v) is 29.3. The van der Waals surface area contributed by atoms with Crippen LogP contribution in [0, 0.1) is 12.7 Å². The van der Waals surface area contributed by atoms with Crippen molar-refractivity contribution in [3.05, 3.63) is 83.8 Å². The lowest BCUT2D eigenvalue weighted by Gasteiger charge is -2.41. The van der Waals surface area contributed by atoms with Gasteiger partial charge in [-0.2, -0.15) is 0 Å². The van der Waals surface area contributed by atoms with E-state index in [0.717, 1.165) is 65.3 Å². The minimum Gasteiger partial charge on any atom is -0.490 e. The maximum Gasteiger partial charge on any atom is 0.307 e. The van der Waals surface area contributed by atoms with Crippen molar-refractivity contribution in [3.63, 3.8) is 0 Å². The summed E-state index contributed by atoms with van der Waals surface area (Å²) in [4.78, 5) is 19.1. The molecule has 1 fully saturated rings. The summed E-state index contributed by atoms with van der Waals surface area (Å²) in [6.07, 6.45) is 8.16. The van der Waals surface area contributed by atoms with Crippen LogP contribution in [0.3, 0.4) is 0 Å². The molecule has 0 atom stereocenters. The van der Waals surface area contributed by atoms with Crippen LogP contribution < -0.4 is 9.64 Å². The molecule has 48 heavy (non-hydrogen) atoms. The maximum absolute atomic E-state index is 14.9. The number of anilines is 1. The van der Waals surface area contributed by atoms with Crippen LogP contribution in [-0.4, -0.2) is 63.1 Å². The quantitative estimate of drug-likeness (QED) is 0.209. The predicted octanol–water partition coefficient (Wildman–Crippen LogP) is 8.26. The Balaban J connectivity index is 0.000000682. The third kappa shape index (κ3) is 9.23. The van der Waals surface area contributed by atoms with Gasteiger partial charge in [-0.1, -0.05) is 56.3 Å². The third-order valence-corrected chi connectivity index (χ3v) is 8.16. The second kappa shape index (κ2) is 15.8. The van der Waals surface area contributed by atoms with Gasteiger partial charge in [0.2, 0.25) is 0 Å². The zero-order valence-electron chi connectivity index (χ0n) is 29.3. The van der Waals surface area contributed by atoms with E-state index in [1.54, 1.807) is 26.8 Å². The molecule has 0 unspecified atom stereocenters. The van der Waals surface area contributed by atoms with Gasteiger partial charge in [-0.3, -0.25) is 9.20 Å². The first kappa shape index (κ1) is 36.6. The zero-order chi connectivity index (χ0) is 35.1. The highest BCUT2D eigenvalue weighted by atomic mass is 19.1. The molecule has 258 valence electrons. The number of halogens is 1. The summed E-state index contributed by atoms with van der Waals surface area (Å²) in [7, 11) is 0. The molecule has 2 N–H and O–H groups in total. The number of rotatable bonds is 2. The van der Waals surface area contributed by atoms with Gasteiger partial charge in [0.1, 0.15) is 11.5 Å². The van der Waals surface area contributed by atoms with Gasteiger partial charge in [0.25, 0.3) is 0 Å². The van der Waals surface area contributed by atoms with Crippen LogP contribution in [0.5, 0.6) is 5.75 Å². The van der Waals surface area contributed by atoms with Crippen molar-refractivity contribution in [1.29, 1.82) is 0 Å². The molecule has 2 aromatic heterocycles. The smallest absolute Gasteiger partial charge is 0.307 e. The van der Waals surface area contributed by atoms with Crippen molar-refractivity contribution in [3.8, 4) is 28.1 Å². The monoisotopic (exact) mass is 659 g/mol. The SMILES string of the molecule is CC.CC(C)(C)O.Cc1cc2nc3cn2c(c1CC(=O)O)N1CCC(C)(CC1)OC/C=C/CCOc1c(F)cccc1-c1cccc-3c1. The van der Waals surface area contributed by atoms with Gasteiger partial charge < -0.3 is 24.6 Å². The van der Waals surface area contributed by atoms with Crippen LogP contribution >= 0.6 is 0 Å². The van der Waals surface area contributed by atoms with E-state index >= 15 is 0 Å². The number of nitrogens with zero attached hydrogens (tertiary/aromatic N) is 3. The fourth-order valence-electron chi connectivity index (χ4n) is 5.85. The van der Waals surface area contributed by atoms with Gasteiger partial charge in [-0.25, -0.2) is 9.37 Å². The molecule has 2 aromatic carbocycles. The van der Waals surface area contributed by atoms with Crippen LogP contribution in [0.15, 0.2) is 66.9 Å². The number of fused-ring (bicyclic) bond motifs is 7. The van der Waals surface area contributed by atoms with Gasteiger partial charge in [-0.05, 0) is 83.2 Å².